The number of piperazine rings is 1. The molecule has 0 aromatic carbocycles. The highest BCUT2D eigenvalue weighted by atomic mass is 15.4. The lowest BCUT2D eigenvalue weighted by Gasteiger charge is -2.21. The summed E-state index contributed by atoms with van der Waals surface area (Å²) in [5.41, 5.74) is 0. The van der Waals surface area contributed by atoms with Crippen LogP contribution in [0.2, 0.25) is 0 Å². The van der Waals surface area contributed by atoms with Gasteiger partial charge in [0.15, 0.2) is 0 Å². The van der Waals surface area contributed by atoms with Crippen molar-refractivity contribution in [2.24, 2.45) is 5.84 Å². The Morgan fingerprint density at radius 1 is 1.22 bits per heavy atom. The first kappa shape index (κ1) is 8.88. The van der Waals surface area contributed by atoms with Crippen LogP contribution in [-0.4, -0.2) is 31.2 Å². The van der Waals surface area contributed by atoms with E-state index in [4.69, 9.17) is 5.84 Å². The van der Waals surface area contributed by atoms with E-state index in [9.17, 15) is 0 Å². The summed E-state index contributed by atoms with van der Waals surface area (Å²) >= 11 is 0. The van der Waals surface area contributed by atoms with E-state index in [0.29, 0.717) is 0 Å². The van der Waals surface area contributed by atoms with Crippen molar-refractivity contribution in [2.75, 3.05) is 26.2 Å². The van der Waals surface area contributed by atoms with Gasteiger partial charge in [-0.15, -0.1) is 0 Å². The van der Waals surface area contributed by atoms with Gasteiger partial charge in [-0.2, -0.15) is 0 Å². The van der Waals surface area contributed by atoms with Crippen molar-refractivity contribution in [3.05, 3.63) is 0 Å². The second-order valence-electron chi connectivity index (χ2n) is 1.79. The van der Waals surface area contributed by atoms with Gasteiger partial charge in [-0.05, 0) is 0 Å². The molecule has 0 bridgehead atoms. The van der Waals surface area contributed by atoms with Gasteiger partial charge in [0.2, 0.25) is 0 Å². The third-order valence-electron chi connectivity index (χ3n) is 1.15. The minimum absolute atomic E-state index is 0.986. The Labute approximate surface area is 57.2 Å². The summed E-state index contributed by atoms with van der Waals surface area (Å²) in [4.78, 5) is 0. The Bertz CT molecular complexity index is 50.3. The molecule has 1 rings (SSSR count). The Balaban J connectivity index is 0.000000291. The van der Waals surface area contributed by atoms with Crippen molar-refractivity contribution >= 4 is 0 Å². The number of nitrogens with zero attached hydrogens (tertiary/aromatic N) is 1. The molecule has 3 nitrogen and oxygen atoms in total. The van der Waals surface area contributed by atoms with Crippen LogP contribution in [0, 0.1) is 0 Å². The molecule has 9 heavy (non-hydrogen) atoms. The highest BCUT2D eigenvalue weighted by molar-refractivity contribution is 4.60. The zero-order valence-electron chi connectivity index (χ0n) is 6.35. The smallest absolute Gasteiger partial charge is 0.0254 e. The van der Waals surface area contributed by atoms with Gasteiger partial charge >= 0.3 is 0 Å². The predicted octanol–water partition coefficient (Wildman–Crippen LogP) is -0.208. The quantitative estimate of drug-likeness (QED) is 0.447. The molecule has 0 aromatic heterocycles. The molecule has 3 heteroatoms. The molecule has 1 aliphatic heterocycles. The minimum Gasteiger partial charge on any atom is -0.314 e. The van der Waals surface area contributed by atoms with Crippen molar-refractivity contribution in [3.63, 3.8) is 0 Å². The SMILES string of the molecule is CC.NN1CCNCC1. The summed E-state index contributed by atoms with van der Waals surface area (Å²) in [6, 6.07) is 0. The maximum Gasteiger partial charge on any atom is 0.0254 e. The fourth-order valence-electron chi connectivity index (χ4n) is 0.682. The monoisotopic (exact) mass is 131 g/mol. The van der Waals surface area contributed by atoms with E-state index in [1.807, 2.05) is 18.9 Å². The maximum atomic E-state index is 5.43. The van der Waals surface area contributed by atoms with Gasteiger partial charge in [-0.1, -0.05) is 13.8 Å². The first-order chi connectivity index (χ1) is 4.39. The molecule has 0 spiro atoms. The van der Waals surface area contributed by atoms with Gasteiger partial charge in [0.05, 0.1) is 0 Å². The van der Waals surface area contributed by atoms with E-state index in [1.54, 1.807) is 0 Å². The van der Waals surface area contributed by atoms with Crippen LogP contribution in [0.15, 0.2) is 0 Å². The lowest BCUT2D eigenvalue weighted by molar-refractivity contribution is 0.248. The van der Waals surface area contributed by atoms with Gasteiger partial charge in [-0.3, -0.25) is 5.84 Å². The molecule has 0 radical (unpaired) electrons. The van der Waals surface area contributed by atoms with Crippen molar-refractivity contribution in [3.8, 4) is 0 Å². The molecule has 0 amide bonds. The van der Waals surface area contributed by atoms with Crippen LogP contribution in [0.3, 0.4) is 0 Å². The third kappa shape index (κ3) is 4.39. The summed E-state index contributed by atoms with van der Waals surface area (Å²) in [5, 5.41) is 5.02. The number of nitrogens with two attached hydrogens (primary N) is 1. The number of hydrogen-bond donors (Lipinski definition) is 2. The average molecular weight is 131 g/mol. The Kier molecular flexibility index (Phi) is 5.93. The molecule has 1 aliphatic rings. The van der Waals surface area contributed by atoms with Crippen molar-refractivity contribution in [2.45, 2.75) is 13.8 Å². The summed E-state index contributed by atoms with van der Waals surface area (Å²) < 4.78 is 0. The first-order valence-electron chi connectivity index (χ1n) is 3.60. The zero-order valence-corrected chi connectivity index (χ0v) is 6.35. The molecular weight excluding hydrogens is 114 g/mol. The lowest BCUT2D eigenvalue weighted by atomic mass is 10.4. The topological polar surface area (TPSA) is 41.3 Å². The molecular formula is C6H17N3. The van der Waals surface area contributed by atoms with Crippen LogP contribution in [0.5, 0.6) is 0 Å². The van der Waals surface area contributed by atoms with Crippen LogP contribution in [0.25, 0.3) is 0 Å². The maximum absolute atomic E-state index is 5.43. The van der Waals surface area contributed by atoms with Crippen LogP contribution in [0.1, 0.15) is 13.8 Å². The molecule has 56 valence electrons. The molecule has 0 aliphatic carbocycles. The normalized spacial score (nSPS) is 20.3. The number of nitrogens with one attached hydrogen (secondary N) is 1. The predicted molar refractivity (Wildman–Crippen MR) is 40.0 cm³/mol. The fraction of sp³-hybridized carbons (Fsp3) is 1.00. The Morgan fingerprint density at radius 3 is 1.89 bits per heavy atom. The number of hydrazine groups is 1. The standard InChI is InChI=1S/C4H11N3.C2H6/c5-7-3-1-6-2-4-7;1-2/h6H,1-5H2;1-2H3. The van der Waals surface area contributed by atoms with Crippen molar-refractivity contribution in [1.29, 1.82) is 0 Å². The van der Waals surface area contributed by atoms with Crippen LogP contribution >= 0.6 is 0 Å². The van der Waals surface area contributed by atoms with Gasteiger partial charge < -0.3 is 5.32 Å². The van der Waals surface area contributed by atoms with E-state index in [0.717, 1.165) is 26.2 Å². The van der Waals surface area contributed by atoms with Gasteiger partial charge in [0.1, 0.15) is 0 Å². The van der Waals surface area contributed by atoms with Crippen molar-refractivity contribution in [1.82, 2.24) is 10.3 Å². The molecule has 0 aromatic rings. The minimum atomic E-state index is 0.986. The largest absolute Gasteiger partial charge is 0.314 e. The highest BCUT2D eigenvalue weighted by Crippen LogP contribution is 1.79. The molecule has 1 fully saturated rings. The molecule has 0 atom stereocenters. The van der Waals surface area contributed by atoms with Crippen molar-refractivity contribution < 1.29 is 0 Å². The molecule has 1 saturated heterocycles. The second kappa shape index (κ2) is 6.01. The van der Waals surface area contributed by atoms with Gasteiger partial charge in [0.25, 0.3) is 0 Å². The zero-order chi connectivity index (χ0) is 7.11. The average Bonchev–Trinajstić information content (AvgIpc) is 1.94. The summed E-state index contributed by atoms with van der Waals surface area (Å²) in [7, 11) is 0. The van der Waals surface area contributed by atoms with Crippen LogP contribution in [-0.2, 0) is 0 Å². The molecule has 3 N–H and O–H groups in total. The first-order valence-corrected chi connectivity index (χ1v) is 3.60. The van der Waals surface area contributed by atoms with E-state index in [1.165, 1.54) is 0 Å². The van der Waals surface area contributed by atoms with E-state index < -0.39 is 0 Å². The molecule has 0 saturated carbocycles. The van der Waals surface area contributed by atoms with Crippen LogP contribution in [0.4, 0.5) is 0 Å². The Hall–Kier alpha value is -0.120. The highest BCUT2D eigenvalue weighted by Gasteiger charge is 2.01. The van der Waals surface area contributed by atoms with Crippen LogP contribution < -0.4 is 11.2 Å². The summed E-state index contributed by atoms with van der Waals surface area (Å²) in [5.74, 6) is 5.43. The van der Waals surface area contributed by atoms with E-state index in [2.05, 4.69) is 5.32 Å². The summed E-state index contributed by atoms with van der Waals surface area (Å²) in [6.07, 6.45) is 0. The fourth-order valence-corrected chi connectivity index (χ4v) is 0.682. The van der Waals surface area contributed by atoms with E-state index in [-0.39, 0.29) is 0 Å². The Morgan fingerprint density at radius 2 is 1.67 bits per heavy atom. The van der Waals surface area contributed by atoms with Gasteiger partial charge in [-0.25, -0.2) is 5.01 Å². The third-order valence-corrected chi connectivity index (χ3v) is 1.15. The van der Waals surface area contributed by atoms with Gasteiger partial charge in [0, 0.05) is 26.2 Å². The lowest BCUT2D eigenvalue weighted by Crippen LogP contribution is -2.47. The second-order valence-corrected chi connectivity index (χ2v) is 1.79. The van der Waals surface area contributed by atoms with E-state index >= 15 is 0 Å². The number of hydrogen-bond acceptors (Lipinski definition) is 3. The summed E-state index contributed by atoms with van der Waals surface area (Å²) in [6.45, 7) is 8.05. The molecule has 0 unspecified atom stereocenters. The molecule has 1 heterocycles. The number of rotatable bonds is 0.